The smallest absolute Gasteiger partial charge is 0.309 e. The zero-order valence-electron chi connectivity index (χ0n) is 25.3. The van der Waals surface area contributed by atoms with Gasteiger partial charge in [-0.2, -0.15) is 0 Å². The highest BCUT2D eigenvalue weighted by atomic mass is 16.5. The first-order valence-electron chi connectivity index (χ1n) is 15.1. The summed E-state index contributed by atoms with van der Waals surface area (Å²) >= 11 is 0. The molecule has 0 aliphatic rings. The Morgan fingerprint density at radius 3 is 1.93 bits per heavy atom. The fourth-order valence-corrected chi connectivity index (χ4v) is 5.05. The zero-order chi connectivity index (χ0) is 31.6. The second-order valence-electron chi connectivity index (χ2n) is 10.9. The molecule has 3 aromatic carbocycles. The molecule has 0 heterocycles. The second-order valence-corrected chi connectivity index (χ2v) is 10.9. The van der Waals surface area contributed by atoms with E-state index in [1.54, 1.807) is 12.2 Å². The number of hydrogen-bond donors (Lipinski definition) is 3. The lowest BCUT2D eigenvalue weighted by molar-refractivity contribution is -0.150. The first kappa shape index (κ1) is 34.0. The summed E-state index contributed by atoms with van der Waals surface area (Å²) in [6.07, 6.45) is 5.91. The van der Waals surface area contributed by atoms with Crippen LogP contribution in [-0.4, -0.2) is 42.1 Å². The van der Waals surface area contributed by atoms with Crippen LogP contribution in [0, 0.1) is 11.8 Å². The summed E-state index contributed by atoms with van der Waals surface area (Å²) < 4.78 is 5.82. The molecule has 4 atom stereocenters. The lowest BCUT2D eigenvalue weighted by Crippen LogP contribution is -2.42. The van der Waals surface area contributed by atoms with E-state index in [4.69, 9.17) is 4.74 Å². The average molecular weight is 597 g/mol. The van der Waals surface area contributed by atoms with Crippen LogP contribution in [0.1, 0.15) is 48.4 Å². The van der Waals surface area contributed by atoms with Gasteiger partial charge >= 0.3 is 5.97 Å². The van der Waals surface area contributed by atoms with Crippen LogP contribution in [0.3, 0.4) is 0 Å². The van der Waals surface area contributed by atoms with Crippen LogP contribution in [0.2, 0.25) is 0 Å². The van der Waals surface area contributed by atoms with Crippen LogP contribution < -0.4 is 10.6 Å². The number of ether oxygens (including phenoxy) is 1. The number of aliphatic hydroxyl groups is 1. The van der Waals surface area contributed by atoms with E-state index in [9.17, 15) is 19.5 Å². The molecule has 0 aliphatic heterocycles. The van der Waals surface area contributed by atoms with Crippen LogP contribution in [0.5, 0.6) is 0 Å². The Hall–Kier alpha value is -4.49. The Morgan fingerprint density at radius 1 is 0.773 bits per heavy atom. The molecule has 0 fully saturated rings. The summed E-state index contributed by atoms with van der Waals surface area (Å²) in [7, 11) is 0. The van der Waals surface area contributed by atoms with E-state index in [0.717, 1.165) is 16.7 Å². The van der Waals surface area contributed by atoms with Crippen molar-refractivity contribution in [3.63, 3.8) is 0 Å². The molecule has 2 amide bonds. The number of nitrogens with one attached hydrogen (secondary N) is 2. The first-order chi connectivity index (χ1) is 21.4. The molecule has 0 saturated carbocycles. The SMILES string of the molecule is C=CCCC(Cc1ccccc1)C(=O)OCC(NC(=O)C(CC=C)CC(=O)NC(CO)Cc1ccccc1)c1ccccc1. The van der Waals surface area contributed by atoms with E-state index in [0.29, 0.717) is 25.7 Å². The van der Waals surface area contributed by atoms with Crippen LogP contribution >= 0.6 is 0 Å². The lowest BCUT2D eigenvalue weighted by atomic mass is 9.94. The Morgan fingerprint density at radius 2 is 1.36 bits per heavy atom. The van der Waals surface area contributed by atoms with E-state index >= 15 is 0 Å². The van der Waals surface area contributed by atoms with Gasteiger partial charge in [0.05, 0.1) is 30.5 Å². The largest absolute Gasteiger partial charge is 0.463 e. The van der Waals surface area contributed by atoms with Crippen molar-refractivity contribution in [2.45, 2.75) is 50.6 Å². The molecule has 0 aliphatic carbocycles. The standard InChI is InChI=1S/C37H44N2O5/c1-3-5-20-32(23-28-16-9-6-10-17-28)37(43)44-27-34(30-21-13-8-14-22-30)39-36(42)31(15-4-2)25-35(41)38-33(26-40)24-29-18-11-7-12-19-29/h3-4,6-14,16-19,21-22,31-34,40H,1-2,5,15,20,23-27H2,(H,38,41)(H,39,42). The van der Waals surface area contributed by atoms with Gasteiger partial charge < -0.3 is 20.5 Å². The van der Waals surface area contributed by atoms with E-state index in [-0.39, 0.29) is 49.8 Å². The van der Waals surface area contributed by atoms with Crippen molar-refractivity contribution in [2.75, 3.05) is 13.2 Å². The first-order valence-corrected chi connectivity index (χ1v) is 15.1. The van der Waals surface area contributed by atoms with Gasteiger partial charge in [0.2, 0.25) is 11.8 Å². The number of carbonyl (C=O) groups excluding carboxylic acids is 3. The average Bonchev–Trinajstić information content (AvgIpc) is 3.05. The van der Waals surface area contributed by atoms with Crippen LogP contribution in [0.4, 0.5) is 0 Å². The van der Waals surface area contributed by atoms with Crippen molar-refractivity contribution in [3.8, 4) is 0 Å². The lowest BCUT2D eigenvalue weighted by Gasteiger charge is -2.24. The van der Waals surface area contributed by atoms with Crippen LogP contribution in [-0.2, 0) is 32.0 Å². The minimum absolute atomic E-state index is 0.0510. The monoisotopic (exact) mass is 596 g/mol. The number of esters is 1. The van der Waals surface area contributed by atoms with Gasteiger partial charge in [0, 0.05) is 6.42 Å². The minimum atomic E-state index is -0.691. The third-order valence-electron chi connectivity index (χ3n) is 7.45. The van der Waals surface area contributed by atoms with Crippen molar-refractivity contribution in [1.82, 2.24) is 10.6 Å². The van der Waals surface area contributed by atoms with E-state index in [1.165, 1.54) is 0 Å². The normalized spacial score (nSPS) is 13.5. The molecule has 0 spiro atoms. The molecule has 0 radical (unpaired) electrons. The topological polar surface area (TPSA) is 105 Å². The zero-order valence-corrected chi connectivity index (χ0v) is 25.3. The van der Waals surface area contributed by atoms with Gasteiger partial charge in [0.1, 0.15) is 6.61 Å². The van der Waals surface area contributed by atoms with Crippen LogP contribution in [0.25, 0.3) is 0 Å². The van der Waals surface area contributed by atoms with E-state index in [2.05, 4.69) is 23.8 Å². The molecule has 3 aromatic rings. The number of allylic oxidation sites excluding steroid dienone is 2. The summed E-state index contributed by atoms with van der Waals surface area (Å²) in [5, 5.41) is 15.7. The van der Waals surface area contributed by atoms with E-state index < -0.39 is 18.0 Å². The third kappa shape index (κ3) is 11.7. The van der Waals surface area contributed by atoms with E-state index in [1.807, 2.05) is 91.0 Å². The molecule has 4 unspecified atom stereocenters. The summed E-state index contributed by atoms with van der Waals surface area (Å²) in [6, 6.07) is 27.6. The number of carbonyl (C=O) groups is 3. The summed E-state index contributed by atoms with van der Waals surface area (Å²) in [6.45, 7) is 7.28. The Kier molecular flexibility index (Phi) is 14.6. The fourth-order valence-electron chi connectivity index (χ4n) is 5.05. The summed E-state index contributed by atoms with van der Waals surface area (Å²) in [4.78, 5) is 39.7. The van der Waals surface area contributed by atoms with Crippen molar-refractivity contribution < 1.29 is 24.2 Å². The Bertz CT molecular complexity index is 1310. The summed E-state index contributed by atoms with van der Waals surface area (Å²) in [5.74, 6) is -2.06. The highest BCUT2D eigenvalue weighted by Crippen LogP contribution is 2.20. The molecular formula is C37H44N2O5. The third-order valence-corrected chi connectivity index (χ3v) is 7.45. The molecule has 0 aromatic heterocycles. The predicted octanol–water partition coefficient (Wildman–Crippen LogP) is 5.51. The van der Waals surface area contributed by atoms with Crippen molar-refractivity contribution in [1.29, 1.82) is 0 Å². The maximum Gasteiger partial charge on any atom is 0.309 e. The maximum absolute atomic E-state index is 13.5. The summed E-state index contributed by atoms with van der Waals surface area (Å²) in [5.41, 5.74) is 2.82. The van der Waals surface area contributed by atoms with Gasteiger partial charge in [-0.15, -0.1) is 13.2 Å². The van der Waals surface area contributed by atoms with Gasteiger partial charge in [-0.3, -0.25) is 14.4 Å². The van der Waals surface area contributed by atoms with Gasteiger partial charge in [0.25, 0.3) is 0 Å². The van der Waals surface area contributed by atoms with Gasteiger partial charge in [-0.05, 0) is 48.8 Å². The maximum atomic E-state index is 13.5. The molecule has 0 saturated heterocycles. The molecule has 7 nitrogen and oxygen atoms in total. The van der Waals surface area contributed by atoms with Gasteiger partial charge in [-0.1, -0.05) is 103 Å². The molecule has 44 heavy (non-hydrogen) atoms. The van der Waals surface area contributed by atoms with Crippen LogP contribution in [0.15, 0.2) is 116 Å². The highest BCUT2D eigenvalue weighted by molar-refractivity contribution is 5.86. The number of rotatable bonds is 19. The molecule has 7 heteroatoms. The number of hydrogen-bond acceptors (Lipinski definition) is 5. The van der Waals surface area contributed by atoms with Gasteiger partial charge in [-0.25, -0.2) is 0 Å². The number of benzene rings is 3. The van der Waals surface area contributed by atoms with Gasteiger partial charge in [0.15, 0.2) is 0 Å². The second kappa shape index (κ2) is 18.9. The molecule has 0 bridgehead atoms. The molecule has 3 N–H and O–H groups in total. The predicted molar refractivity (Wildman–Crippen MR) is 173 cm³/mol. The number of amides is 2. The Balaban J connectivity index is 1.66. The Labute approximate surface area is 261 Å². The quantitative estimate of drug-likeness (QED) is 0.125. The molecule has 232 valence electrons. The fraction of sp³-hybridized carbons (Fsp3) is 0.324. The minimum Gasteiger partial charge on any atom is -0.463 e. The molecular weight excluding hydrogens is 552 g/mol. The van der Waals surface area contributed by atoms with Crippen molar-refractivity contribution >= 4 is 17.8 Å². The van der Waals surface area contributed by atoms with Crippen molar-refractivity contribution in [2.24, 2.45) is 11.8 Å². The number of aliphatic hydroxyl groups excluding tert-OH is 1. The highest BCUT2D eigenvalue weighted by Gasteiger charge is 2.27. The van der Waals surface area contributed by atoms with Crippen molar-refractivity contribution in [3.05, 3.63) is 133 Å². The molecule has 3 rings (SSSR count).